The highest BCUT2D eigenvalue weighted by Crippen LogP contribution is 2.49. The number of alkyl halides is 4. The first-order valence-corrected chi connectivity index (χ1v) is 9.62. The van der Waals surface area contributed by atoms with Crippen molar-refractivity contribution in [3.8, 4) is 0 Å². The first-order valence-electron chi connectivity index (χ1n) is 8.18. The van der Waals surface area contributed by atoms with Crippen molar-refractivity contribution in [1.29, 1.82) is 0 Å². The topological polar surface area (TPSA) is 80.7 Å². The Bertz CT molecular complexity index is 607. The lowest BCUT2D eigenvalue weighted by atomic mass is 9.61. The van der Waals surface area contributed by atoms with Crippen molar-refractivity contribution in [3.63, 3.8) is 0 Å². The third kappa shape index (κ3) is 4.10. The number of carbonyl (C=O) groups excluding carboxylic acids is 1. The molecular formula is C15H22F4O5S. The fourth-order valence-electron chi connectivity index (χ4n) is 4.08. The van der Waals surface area contributed by atoms with Gasteiger partial charge in [0.1, 0.15) is 0 Å². The maximum atomic E-state index is 13.4. The minimum absolute atomic E-state index is 0.371. The van der Waals surface area contributed by atoms with Crippen LogP contribution in [-0.4, -0.2) is 36.7 Å². The fraction of sp³-hybridized carbons (Fsp3) is 0.933. The summed E-state index contributed by atoms with van der Waals surface area (Å²) in [4.78, 5) is 12.3. The summed E-state index contributed by atoms with van der Waals surface area (Å²) in [6.07, 6.45) is 3.56. The van der Waals surface area contributed by atoms with E-state index in [9.17, 15) is 30.8 Å². The van der Waals surface area contributed by atoms with E-state index in [1.807, 2.05) is 0 Å². The van der Waals surface area contributed by atoms with E-state index in [1.165, 1.54) is 0 Å². The molecule has 0 spiro atoms. The van der Waals surface area contributed by atoms with Crippen LogP contribution in [-0.2, 0) is 19.6 Å². The molecule has 10 heteroatoms. The van der Waals surface area contributed by atoms with Crippen LogP contribution in [0.25, 0.3) is 0 Å². The molecule has 0 aromatic carbocycles. The van der Waals surface area contributed by atoms with Crippen LogP contribution in [0.1, 0.15) is 51.9 Å². The van der Waals surface area contributed by atoms with Gasteiger partial charge in [-0.25, -0.2) is 0 Å². The average molecular weight is 390 g/mol. The van der Waals surface area contributed by atoms with Crippen molar-refractivity contribution in [1.82, 2.24) is 0 Å². The van der Waals surface area contributed by atoms with Crippen LogP contribution in [0.5, 0.6) is 0 Å². The highest BCUT2D eigenvalue weighted by atomic mass is 32.2. The average Bonchev–Trinajstić information content (AvgIpc) is 2.45. The monoisotopic (exact) mass is 390 g/mol. The molecule has 2 saturated carbocycles. The van der Waals surface area contributed by atoms with E-state index in [4.69, 9.17) is 9.29 Å². The number of hydrogen-bond acceptors (Lipinski definition) is 4. The predicted octanol–water partition coefficient (Wildman–Crippen LogP) is 3.64. The molecule has 0 aromatic heterocycles. The molecule has 2 bridgehead atoms. The van der Waals surface area contributed by atoms with Crippen molar-refractivity contribution < 1.29 is 40.1 Å². The van der Waals surface area contributed by atoms with Gasteiger partial charge in [0.2, 0.25) is 0 Å². The Labute approximate surface area is 143 Å². The van der Waals surface area contributed by atoms with Crippen LogP contribution in [0.15, 0.2) is 0 Å². The quantitative estimate of drug-likeness (QED) is 0.425. The summed E-state index contributed by atoms with van der Waals surface area (Å²) in [7, 11) is -6.28. The molecule has 2 atom stereocenters. The minimum Gasteiger partial charge on any atom is -0.465 e. The molecule has 2 unspecified atom stereocenters. The summed E-state index contributed by atoms with van der Waals surface area (Å²) in [6, 6.07) is 0. The zero-order valence-electron chi connectivity index (χ0n) is 13.8. The molecule has 0 amide bonds. The van der Waals surface area contributed by atoms with Gasteiger partial charge in [-0.05, 0) is 38.0 Å². The Morgan fingerprint density at radius 1 is 1.20 bits per heavy atom. The fourth-order valence-corrected chi connectivity index (χ4v) is 4.56. The Morgan fingerprint density at radius 3 is 2.20 bits per heavy atom. The Morgan fingerprint density at radius 2 is 1.72 bits per heavy atom. The summed E-state index contributed by atoms with van der Waals surface area (Å²) in [5, 5.41) is -5.64. The predicted molar refractivity (Wildman–Crippen MR) is 79.8 cm³/mol. The SMILES string of the molecule is CC1(C(=O)OCCC(F)(F)C(F)(F)S(=O)(=O)O)CC2CCCC(C2)C1. The van der Waals surface area contributed by atoms with Gasteiger partial charge < -0.3 is 4.74 Å². The van der Waals surface area contributed by atoms with Crippen molar-refractivity contribution in [3.05, 3.63) is 0 Å². The minimum atomic E-state index is -6.28. The third-order valence-corrected chi connectivity index (χ3v) is 6.21. The molecule has 0 aliphatic heterocycles. The van der Waals surface area contributed by atoms with Crippen molar-refractivity contribution in [2.75, 3.05) is 6.61 Å². The Hall–Kier alpha value is -0.900. The van der Waals surface area contributed by atoms with Crippen LogP contribution in [0.4, 0.5) is 17.6 Å². The molecule has 2 aliphatic carbocycles. The smallest absolute Gasteiger partial charge is 0.431 e. The molecule has 25 heavy (non-hydrogen) atoms. The largest absolute Gasteiger partial charge is 0.465 e. The molecule has 5 nitrogen and oxygen atoms in total. The molecular weight excluding hydrogens is 368 g/mol. The third-order valence-electron chi connectivity index (χ3n) is 5.26. The van der Waals surface area contributed by atoms with Gasteiger partial charge in [0.25, 0.3) is 0 Å². The number of fused-ring (bicyclic) bond motifs is 2. The molecule has 2 fully saturated rings. The Kier molecular flexibility index (Phi) is 5.45. The maximum Gasteiger partial charge on any atom is 0.431 e. The molecule has 0 aromatic rings. The van der Waals surface area contributed by atoms with Gasteiger partial charge >= 0.3 is 27.3 Å². The first kappa shape index (κ1) is 20.4. The summed E-state index contributed by atoms with van der Waals surface area (Å²) in [5.74, 6) is -5.04. The first-order chi connectivity index (χ1) is 11.3. The summed E-state index contributed by atoms with van der Waals surface area (Å²) in [5.41, 5.74) is -0.838. The number of halogens is 4. The van der Waals surface area contributed by atoms with E-state index >= 15 is 0 Å². The lowest BCUT2D eigenvalue weighted by molar-refractivity contribution is -0.180. The van der Waals surface area contributed by atoms with Crippen LogP contribution >= 0.6 is 0 Å². The van der Waals surface area contributed by atoms with E-state index in [-0.39, 0.29) is 0 Å². The van der Waals surface area contributed by atoms with Crippen LogP contribution in [0.2, 0.25) is 0 Å². The lowest BCUT2D eigenvalue weighted by Gasteiger charge is -2.43. The standard InChI is InChI=1S/C15H22F4O5S/c1-13(8-10-3-2-4-11(7-10)9-13)12(20)24-6-5-14(16,17)15(18,19)25(21,22)23/h10-11H,2-9H2,1H3,(H,21,22,23). The zero-order valence-corrected chi connectivity index (χ0v) is 14.6. The molecule has 0 radical (unpaired) electrons. The van der Waals surface area contributed by atoms with Crippen LogP contribution in [0.3, 0.4) is 0 Å². The van der Waals surface area contributed by atoms with Crippen LogP contribution < -0.4 is 0 Å². The molecule has 2 rings (SSSR count). The number of hydrogen-bond donors (Lipinski definition) is 1. The van der Waals surface area contributed by atoms with Gasteiger partial charge in [0, 0.05) is 0 Å². The zero-order chi connectivity index (χ0) is 19.1. The number of carbonyl (C=O) groups is 1. The van der Waals surface area contributed by atoms with Gasteiger partial charge in [-0.1, -0.05) is 19.3 Å². The van der Waals surface area contributed by atoms with Gasteiger partial charge in [-0.3, -0.25) is 9.35 Å². The van der Waals surface area contributed by atoms with E-state index in [0.717, 1.165) is 25.7 Å². The van der Waals surface area contributed by atoms with Gasteiger partial charge in [-0.15, -0.1) is 0 Å². The molecule has 146 valence electrons. The summed E-state index contributed by atoms with van der Waals surface area (Å²) >= 11 is 0. The lowest BCUT2D eigenvalue weighted by Crippen LogP contribution is -2.47. The molecule has 2 aliphatic rings. The molecule has 0 heterocycles. The molecule has 1 N–H and O–H groups in total. The van der Waals surface area contributed by atoms with Crippen LogP contribution in [0, 0.1) is 17.3 Å². The van der Waals surface area contributed by atoms with Gasteiger partial charge in [0.15, 0.2) is 0 Å². The number of rotatable bonds is 6. The van der Waals surface area contributed by atoms with E-state index in [0.29, 0.717) is 24.7 Å². The maximum absolute atomic E-state index is 13.4. The molecule has 0 saturated heterocycles. The van der Waals surface area contributed by atoms with Crippen molar-refractivity contribution in [2.24, 2.45) is 17.3 Å². The van der Waals surface area contributed by atoms with E-state index < -0.39 is 45.7 Å². The Balaban J connectivity index is 1.94. The highest BCUT2D eigenvalue weighted by molar-refractivity contribution is 7.87. The summed E-state index contributed by atoms with van der Waals surface area (Å²) < 4.78 is 86.8. The number of esters is 1. The highest BCUT2D eigenvalue weighted by Gasteiger charge is 2.65. The second-order valence-corrected chi connectivity index (χ2v) is 8.91. The number of ether oxygens (including phenoxy) is 1. The second kappa shape index (κ2) is 6.68. The summed E-state index contributed by atoms with van der Waals surface area (Å²) in [6.45, 7) is 0.632. The van der Waals surface area contributed by atoms with E-state index in [1.54, 1.807) is 6.92 Å². The second-order valence-electron chi connectivity index (χ2n) is 7.45. The van der Waals surface area contributed by atoms with Crippen molar-refractivity contribution >= 4 is 16.1 Å². The van der Waals surface area contributed by atoms with Gasteiger partial charge in [0.05, 0.1) is 18.4 Å². The normalized spacial score (nSPS) is 30.8. The van der Waals surface area contributed by atoms with Gasteiger partial charge in [-0.2, -0.15) is 26.0 Å². The van der Waals surface area contributed by atoms with E-state index in [2.05, 4.69) is 0 Å². The van der Waals surface area contributed by atoms with Crippen molar-refractivity contribution in [2.45, 2.75) is 63.0 Å².